The topological polar surface area (TPSA) is 65.1 Å². The molecule has 0 aliphatic carbocycles. The number of para-hydroxylation sites is 4. The fraction of sp³-hybridized carbons (Fsp3) is 0.0161. The summed E-state index contributed by atoms with van der Waals surface area (Å²) < 4.78 is 42.9. The van der Waals surface area contributed by atoms with Crippen molar-refractivity contribution in [2.75, 3.05) is 0 Å². The van der Waals surface area contributed by atoms with Crippen LogP contribution in [0.4, 0.5) is 0 Å². The molecule has 0 N–H and O–H groups in total. The summed E-state index contributed by atoms with van der Waals surface area (Å²) in [5, 5.41) is 16.4. The first-order valence-electron chi connectivity index (χ1n) is 24.5. The summed E-state index contributed by atoms with van der Waals surface area (Å²) in [7, 11) is 0. The van der Waals surface area contributed by atoms with Crippen LogP contribution in [0, 0.1) is 22.0 Å². The average Bonchev–Trinajstić information content (AvgIpc) is 4.13. The summed E-state index contributed by atoms with van der Waals surface area (Å²) in [5.74, 6) is 1.41. The van der Waals surface area contributed by atoms with Gasteiger partial charge in [0.05, 0.1) is 28.2 Å². The molecule has 14 aromatic rings. The van der Waals surface area contributed by atoms with Gasteiger partial charge in [-0.1, -0.05) is 24.3 Å². The molecule has 0 atom stereocenters. The zero-order valence-corrected chi connectivity index (χ0v) is 39.4. The van der Waals surface area contributed by atoms with E-state index >= 15 is 0 Å². The molecule has 0 bridgehead atoms. The number of nitrogens with zero attached hydrogens (tertiary/aromatic N) is 6. The number of hydrogen-bond donors (Lipinski definition) is 0. The normalized spacial score (nSPS) is 12.7. The Balaban J connectivity index is 0.964. The third-order valence-electron chi connectivity index (χ3n) is 13.7. The molecule has 0 radical (unpaired) electrons. The second-order valence-electron chi connectivity index (χ2n) is 17.6. The zero-order valence-electron chi connectivity index (χ0n) is 40.1. The second kappa shape index (κ2) is 15.6. The first-order chi connectivity index (χ1) is 35.7. The van der Waals surface area contributed by atoms with Gasteiger partial charge in [0.15, 0.2) is 0 Å². The number of pyridine rings is 1. The van der Waals surface area contributed by atoms with Gasteiger partial charge >= 0.3 is 305 Å². The van der Waals surface area contributed by atoms with E-state index in [2.05, 4.69) is 159 Å². The van der Waals surface area contributed by atoms with Crippen molar-refractivity contribution >= 4 is 70.9 Å². The van der Waals surface area contributed by atoms with Crippen LogP contribution in [0.5, 0.6) is 11.5 Å². The molecule has 7 nitrogen and oxygen atoms in total. The van der Waals surface area contributed by atoms with Crippen LogP contribution in [0.2, 0.25) is 0 Å². The summed E-state index contributed by atoms with van der Waals surface area (Å²) in [6, 6.07) is 72.1. The number of fused-ring (bicyclic) bond motifs is 10. The van der Waals surface area contributed by atoms with E-state index in [1.165, 1.54) is 0 Å². The molecule has 9 aromatic carbocycles. The summed E-state index contributed by atoms with van der Waals surface area (Å²) in [6.07, 6.45) is 1.79. The van der Waals surface area contributed by atoms with Gasteiger partial charge in [-0.05, 0) is 24.3 Å². The van der Waals surface area contributed by atoms with E-state index in [4.69, 9.17) is 13.8 Å². The van der Waals surface area contributed by atoms with E-state index in [0.29, 0.717) is 11.3 Å². The molecule has 0 aliphatic rings. The first-order valence-corrected chi connectivity index (χ1v) is 24.1. The van der Waals surface area contributed by atoms with Gasteiger partial charge < -0.3 is 4.40 Å². The van der Waals surface area contributed by atoms with Crippen molar-refractivity contribution in [1.82, 2.24) is 23.1 Å². The number of nitriles is 1. The van der Waals surface area contributed by atoms with Gasteiger partial charge in [0.25, 0.3) is 0 Å². The standard InChI is InChI=1S/C62H38N6O.Pt/c1-39-26-27-43(65-38-66(55-24-11-10-23-54(55)65)61-45(41-15-4-2-5-16-41)20-14-21-46(61)42-17-6-3-7-18-42)33-59(39)69-44-28-29-48-49-35-50-52-32-40(37-63)31-51-47-19-8-9-22-53(47)68(62(51)52)58(50)36-57(49)67(56(48)34-44)60-25-12-13-30-64-60;/h2-36H,1H3;/i1D3;. The Kier molecular flexibility index (Phi) is 8.30. The van der Waals surface area contributed by atoms with E-state index in [1.807, 2.05) is 84.9 Å². The van der Waals surface area contributed by atoms with E-state index in [0.717, 1.165) is 114 Å². The Morgan fingerprint density at radius 1 is 0.514 bits per heavy atom. The molecule has 332 valence electrons. The molecule has 5 heterocycles. The SMILES string of the molecule is [2H]C([2H])([2H])c1ccc(-n2[c](=[Pt])n(-c3c(-c4ccccc4)cccc3-c3ccccc3)c3ccccc32)cc1Oc1ccc2c3cc4c5cc(C#N)cc6c7ccccc7n(c4cc3n(-c3ccccn3)c2c1)c65. The van der Waals surface area contributed by atoms with Gasteiger partial charge in [0.2, 0.25) is 0 Å². The smallest absolute Gasteiger partial charge is 0.0621 e. The fourth-order valence-electron chi connectivity index (χ4n) is 10.8. The summed E-state index contributed by atoms with van der Waals surface area (Å²) in [6.45, 7) is -2.48. The Morgan fingerprint density at radius 3 is 1.87 bits per heavy atom. The van der Waals surface area contributed by atoms with Gasteiger partial charge in [0.1, 0.15) is 0 Å². The number of rotatable bonds is 7. The monoisotopic (exact) mass is 1080 g/mol. The van der Waals surface area contributed by atoms with Crippen LogP contribution < -0.4 is 4.74 Å². The molecule has 70 heavy (non-hydrogen) atoms. The third-order valence-corrected chi connectivity index (χ3v) is 14.8. The fourth-order valence-corrected chi connectivity index (χ4v) is 11.9. The summed E-state index contributed by atoms with van der Waals surface area (Å²) in [5.41, 5.74) is 13.7. The predicted molar refractivity (Wildman–Crippen MR) is 279 cm³/mol. The van der Waals surface area contributed by atoms with E-state index in [-0.39, 0.29) is 11.3 Å². The van der Waals surface area contributed by atoms with Crippen molar-refractivity contribution in [3.05, 3.63) is 227 Å². The van der Waals surface area contributed by atoms with Crippen LogP contribution >= 0.6 is 0 Å². The van der Waals surface area contributed by atoms with Gasteiger partial charge in [-0.2, -0.15) is 5.26 Å². The molecule has 5 aromatic heterocycles. The molecular formula is C62H38N6OPt. The molecule has 0 saturated heterocycles. The second-order valence-corrected chi connectivity index (χ2v) is 18.6. The Hall–Kier alpha value is -8.82. The van der Waals surface area contributed by atoms with Gasteiger partial charge in [-0.3, -0.25) is 0 Å². The molecule has 0 spiro atoms. The largest absolute Gasteiger partial charge is 0.0621 e. The number of imidazole rings is 1. The maximum atomic E-state index is 10.2. The minimum Gasteiger partial charge on any atom is 0.0621 e. The molecule has 14 rings (SSSR count). The number of aromatic nitrogens is 5. The van der Waals surface area contributed by atoms with E-state index in [1.54, 1.807) is 12.3 Å². The van der Waals surface area contributed by atoms with Crippen molar-refractivity contribution in [2.24, 2.45) is 0 Å². The molecule has 0 aliphatic heterocycles. The van der Waals surface area contributed by atoms with Crippen molar-refractivity contribution in [3.63, 3.8) is 0 Å². The van der Waals surface area contributed by atoms with Crippen LogP contribution in [-0.4, -0.2) is 23.1 Å². The number of benzene rings is 9. The van der Waals surface area contributed by atoms with Gasteiger partial charge in [-0.15, -0.1) is 0 Å². The van der Waals surface area contributed by atoms with Crippen LogP contribution in [0.25, 0.3) is 110 Å². The quantitative estimate of drug-likeness (QED) is 0.160. The van der Waals surface area contributed by atoms with Gasteiger partial charge in [-0.25, -0.2) is 0 Å². The van der Waals surface area contributed by atoms with Crippen molar-refractivity contribution in [3.8, 4) is 57.0 Å². The number of ether oxygens (including phenoxy) is 1. The predicted octanol–water partition coefficient (Wildman–Crippen LogP) is 15.4. The Bertz CT molecular complexity index is 4610. The maximum absolute atomic E-state index is 10.2. The molecule has 0 saturated carbocycles. The average molecular weight is 1080 g/mol. The minimum absolute atomic E-state index is 0.0963. The maximum Gasteiger partial charge on any atom is 0.0621 e. The summed E-state index contributed by atoms with van der Waals surface area (Å²) in [4.78, 5) is 4.86. The molecule has 8 heteroatoms. The third kappa shape index (κ3) is 5.97. The van der Waals surface area contributed by atoms with Gasteiger partial charge in [0, 0.05) is 27.7 Å². The van der Waals surface area contributed by atoms with Crippen molar-refractivity contribution < 1.29 is 28.2 Å². The molecule has 0 fully saturated rings. The zero-order chi connectivity index (χ0) is 49.1. The summed E-state index contributed by atoms with van der Waals surface area (Å²) >= 11 is 2.40. The van der Waals surface area contributed by atoms with Crippen LogP contribution in [-0.2, 0) is 19.4 Å². The number of aryl methyl sites for hydroxylation is 1. The van der Waals surface area contributed by atoms with E-state index < -0.39 is 6.85 Å². The molecule has 0 amide bonds. The van der Waals surface area contributed by atoms with Crippen molar-refractivity contribution in [2.45, 2.75) is 6.85 Å². The first kappa shape index (κ1) is 37.2. The van der Waals surface area contributed by atoms with Crippen LogP contribution in [0.3, 0.4) is 0 Å². The molecule has 0 unspecified atom stereocenters. The van der Waals surface area contributed by atoms with Crippen LogP contribution in [0.1, 0.15) is 15.2 Å². The molecular weight excluding hydrogens is 1040 g/mol. The Morgan fingerprint density at radius 2 is 1.16 bits per heavy atom. The minimum atomic E-state index is -2.48. The van der Waals surface area contributed by atoms with E-state index in [9.17, 15) is 5.26 Å². The number of hydrogen-bond acceptors (Lipinski definition) is 3. The van der Waals surface area contributed by atoms with Crippen molar-refractivity contribution in [1.29, 1.82) is 5.26 Å². The Labute approximate surface area is 416 Å². The van der Waals surface area contributed by atoms with Crippen LogP contribution in [0.15, 0.2) is 212 Å².